The Morgan fingerprint density at radius 2 is 1.60 bits per heavy atom. The van der Waals surface area contributed by atoms with Gasteiger partial charge in [-0.05, 0) is 12.1 Å². The molecule has 0 spiro atoms. The molecule has 0 aromatic heterocycles. The quantitative estimate of drug-likeness (QED) is 0.517. The van der Waals surface area contributed by atoms with Crippen molar-refractivity contribution >= 4 is 7.85 Å². The van der Waals surface area contributed by atoms with E-state index in [0.29, 0.717) is 5.56 Å². The smallest absolute Gasteiger partial charge is 0.126 e. The van der Waals surface area contributed by atoms with Gasteiger partial charge >= 0.3 is 0 Å². The third-order valence-corrected chi connectivity index (χ3v) is 1.16. The lowest BCUT2D eigenvalue weighted by molar-refractivity contribution is 0.581. The predicted molar refractivity (Wildman–Crippen MR) is 35.8 cm³/mol. The van der Waals surface area contributed by atoms with E-state index in [9.17, 15) is 8.78 Å². The molecule has 0 aliphatic carbocycles. The highest BCUT2D eigenvalue weighted by molar-refractivity contribution is 6.08. The topological polar surface area (TPSA) is 0 Å². The molecule has 0 nitrogen and oxygen atoms in total. The lowest BCUT2D eigenvalue weighted by Crippen LogP contribution is -1.87. The first-order valence-corrected chi connectivity index (χ1v) is 2.87. The van der Waals surface area contributed by atoms with Gasteiger partial charge in [0.25, 0.3) is 0 Å². The first-order chi connectivity index (χ1) is 4.72. The largest absolute Gasteiger partial charge is 0.207 e. The average molecular weight is 138 g/mol. The van der Waals surface area contributed by atoms with E-state index < -0.39 is 11.6 Å². The highest BCUT2D eigenvalue weighted by Crippen LogP contribution is 2.06. The van der Waals surface area contributed by atoms with Gasteiger partial charge in [0.05, 0.1) is 7.85 Å². The summed E-state index contributed by atoms with van der Waals surface area (Å²) in [6.45, 7) is 0. The standard InChI is InChI=1S/C7H5BF2/c8-4-5-1-6(9)3-7(10)2-5/h1-3H,4H2. The van der Waals surface area contributed by atoms with Crippen molar-refractivity contribution in [3.05, 3.63) is 35.4 Å². The summed E-state index contributed by atoms with van der Waals surface area (Å²) >= 11 is 0. The second kappa shape index (κ2) is 2.82. The molecule has 0 atom stereocenters. The first kappa shape index (κ1) is 7.25. The minimum atomic E-state index is -0.583. The monoisotopic (exact) mass is 138 g/mol. The van der Waals surface area contributed by atoms with Crippen LogP contribution in [-0.2, 0) is 6.32 Å². The van der Waals surface area contributed by atoms with E-state index in [1.54, 1.807) is 0 Å². The van der Waals surface area contributed by atoms with Crippen molar-refractivity contribution in [2.75, 3.05) is 0 Å². The normalized spacial score (nSPS) is 9.80. The zero-order chi connectivity index (χ0) is 7.56. The molecule has 0 saturated heterocycles. The molecule has 0 fully saturated rings. The van der Waals surface area contributed by atoms with Crippen LogP contribution in [0.2, 0.25) is 0 Å². The molecule has 1 aromatic rings. The van der Waals surface area contributed by atoms with E-state index in [1.165, 1.54) is 12.1 Å². The summed E-state index contributed by atoms with van der Waals surface area (Å²) in [6.07, 6.45) is 0.161. The van der Waals surface area contributed by atoms with E-state index in [1.807, 2.05) is 0 Å². The van der Waals surface area contributed by atoms with Crippen LogP contribution in [0.5, 0.6) is 0 Å². The molecule has 10 heavy (non-hydrogen) atoms. The van der Waals surface area contributed by atoms with Crippen molar-refractivity contribution in [3.8, 4) is 0 Å². The summed E-state index contributed by atoms with van der Waals surface area (Å²) in [4.78, 5) is 0. The molecule has 0 unspecified atom stereocenters. The lowest BCUT2D eigenvalue weighted by Gasteiger charge is -1.95. The van der Waals surface area contributed by atoms with Crippen LogP contribution in [0.15, 0.2) is 18.2 Å². The zero-order valence-corrected chi connectivity index (χ0v) is 5.27. The zero-order valence-electron chi connectivity index (χ0n) is 5.27. The second-order valence-electron chi connectivity index (χ2n) is 1.98. The molecular weight excluding hydrogens is 133 g/mol. The van der Waals surface area contributed by atoms with Crippen LogP contribution < -0.4 is 0 Å². The Hall–Kier alpha value is -0.855. The Morgan fingerprint density at radius 3 is 2.00 bits per heavy atom. The fourth-order valence-corrected chi connectivity index (χ4v) is 0.729. The highest BCUT2D eigenvalue weighted by atomic mass is 19.1. The fraction of sp³-hybridized carbons (Fsp3) is 0.143. The van der Waals surface area contributed by atoms with Crippen molar-refractivity contribution in [2.45, 2.75) is 6.32 Å². The van der Waals surface area contributed by atoms with Crippen molar-refractivity contribution in [1.82, 2.24) is 0 Å². The fourth-order valence-electron chi connectivity index (χ4n) is 0.729. The Labute approximate surface area is 59.3 Å². The minimum absolute atomic E-state index is 0.161. The van der Waals surface area contributed by atoms with Gasteiger partial charge in [-0.15, -0.1) is 0 Å². The number of benzene rings is 1. The highest BCUT2D eigenvalue weighted by Gasteiger charge is 1.96. The lowest BCUT2D eigenvalue weighted by atomic mass is 9.97. The van der Waals surface area contributed by atoms with Crippen molar-refractivity contribution < 1.29 is 8.78 Å². The maximum absolute atomic E-state index is 12.3. The van der Waals surface area contributed by atoms with E-state index in [2.05, 4.69) is 0 Å². The maximum Gasteiger partial charge on any atom is 0.126 e. The van der Waals surface area contributed by atoms with Gasteiger partial charge in [-0.3, -0.25) is 0 Å². The van der Waals surface area contributed by atoms with Gasteiger partial charge in [-0.2, -0.15) is 0 Å². The molecule has 0 N–H and O–H groups in total. The predicted octanol–water partition coefficient (Wildman–Crippen LogP) is 1.63. The van der Waals surface area contributed by atoms with Crippen LogP contribution in [0, 0.1) is 11.6 Å². The van der Waals surface area contributed by atoms with E-state index in [4.69, 9.17) is 7.85 Å². The molecule has 50 valence electrons. The molecule has 1 aromatic carbocycles. The Balaban J connectivity index is 3.06. The molecular formula is C7H5BF2. The molecule has 0 bridgehead atoms. The Bertz CT molecular complexity index is 215. The van der Waals surface area contributed by atoms with Crippen molar-refractivity contribution in [2.24, 2.45) is 0 Å². The van der Waals surface area contributed by atoms with Gasteiger partial charge in [-0.25, -0.2) is 8.78 Å². The van der Waals surface area contributed by atoms with Gasteiger partial charge < -0.3 is 0 Å². The van der Waals surface area contributed by atoms with E-state index in [0.717, 1.165) is 6.07 Å². The van der Waals surface area contributed by atoms with Crippen LogP contribution >= 0.6 is 0 Å². The van der Waals surface area contributed by atoms with Crippen LogP contribution in [0.3, 0.4) is 0 Å². The van der Waals surface area contributed by atoms with Crippen molar-refractivity contribution in [1.29, 1.82) is 0 Å². The number of halogens is 2. The summed E-state index contributed by atoms with van der Waals surface area (Å²) in [5.41, 5.74) is 0.470. The summed E-state index contributed by atoms with van der Waals surface area (Å²) in [7, 11) is 5.15. The van der Waals surface area contributed by atoms with E-state index in [-0.39, 0.29) is 6.32 Å². The number of hydrogen-bond acceptors (Lipinski definition) is 0. The molecule has 3 heteroatoms. The van der Waals surface area contributed by atoms with Gasteiger partial charge in [0.15, 0.2) is 0 Å². The van der Waals surface area contributed by atoms with Crippen LogP contribution in [-0.4, -0.2) is 7.85 Å². The van der Waals surface area contributed by atoms with Crippen LogP contribution in [0.4, 0.5) is 8.78 Å². The van der Waals surface area contributed by atoms with Gasteiger partial charge in [0.2, 0.25) is 0 Å². The average Bonchev–Trinajstić information content (AvgIpc) is 1.85. The van der Waals surface area contributed by atoms with Gasteiger partial charge in [0.1, 0.15) is 11.6 Å². The Kier molecular flexibility index (Phi) is 2.04. The third-order valence-electron chi connectivity index (χ3n) is 1.16. The second-order valence-corrected chi connectivity index (χ2v) is 1.98. The molecule has 0 aliphatic heterocycles. The molecule has 2 radical (unpaired) electrons. The first-order valence-electron chi connectivity index (χ1n) is 2.87. The van der Waals surface area contributed by atoms with Crippen LogP contribution in [0.1, 0.15) is 5.56 Å². The van der Waals surface area contributed by atoms with Crippen molar-refractivity contribution in [3.63, 3.8) is 0 Å². The van der Waals surface area contributed by atoms with Crippen LogP contribution in [0.25, 0.3) is 0 Å². The molecule has 0 saturated carbocycles. The Morgan fingerprint density at radius 1 is 1.10 bits per heavy atom. The number of rotatable bonds is 1. The SMILES string of the molecule is [B]Cc1cc(F)cc(F)c1. The molecule has 0 amide bonds. The van der Waals surface area contributed by atoms with E-state index >= 15 is 0 Å². The molecule has 0 heterocycles. The summed E-state index contributed by atoms with van der Waals surface area (Å²) in [6, 6.07) is 3.24. The number of hydrogen-bond donors (Lipinski definition) is 0. The summed E-state index contributed by atoms with van der Waals surface area (Å²) in [5.74, 6) is -1.17. The summed E-state index contributed by atoms with van der Waals surface area (Å²) < 4.78 is 24.6. The maximum atomic E-state index is 12.3. The third kappa shape index (κ3) is 1.56. The van der Waals surface area contributed by atoms with Gasteiger partial charge in [0, 0.05) is 6.07 Å². The molecule has 1 rings (SSSR count). The summed E-state index contributed by atoms with van der Waals surface area (Å²) in [5, 5.41) is 0. The van der Waals surface area contributed by atoms with Gasteiger partial charge in [-0.1, -0.05) is 11.9 Å². The molecule has 0 aliphatic rings. The minimum Gasteiger partial charge on any atom is -0.207 e.